The Labute approximate surface area is 108 Å². The van der Waals surface area contributed by atoms with Crippen LogP contribution in [0.3, 0.4) is 0 Å². The number of carbonyl (C=O) groups is 1. The van der Waals surface area contributed by atoms with Gasteiger partial charge in [-0.1, -0.05) is 23.2 Å². The average molecular weight is 281 g/mol. The second-order valence-electron chi connectivity index (χ2n) is 2.91. The Bertz CT molecular complexity index is 396. The molecular formula is C10H10Cl2O3S. The molecule has 0 heterocycles. The fraction of sp³-hybridized carbons (Fsp3) is 0.300. The van der Waals surface area contributed by atoms with Gasteiger partial charge in [0.05, 0.1) is 11.6 Å². The summed E-state index contributed by atoms with van der Waals surface area (Å²) >= 11 is 13.2. The minimum Gasteiger partial charge on any atom is -0.490 e. The largest absolute Gasteiger partial charge is 0.490 e. The van der Waals surface area contributed by atoms with E-state index in [1.54, 1.807) is 11.8 Å². The molecule has 0 fully saturated rings. The third-order valence-corrected chi connectivity index (χ3v) is 2.85. The number of carboxylic acid groups (broad SMARTS) is 1. The van der Waals surface area contributed by atoms with Gasteiger partial charge in [0.2, 0.25) is 0 Å². The zero-order valence-electron chi connectivity index (χ0n) is 8.50. The Hall–Kier alpha value is -0.580. The van der Waals surface area contributed by atoms with E-state index in [9.17, 15) is 4.79 Å². The van der Waals surface area contributed by atoms with Crippen molar-refractivity contribution >= 4 is 40.9 Å². The van der Waals surface area contributed by atoms with Crippen molar-refractivity contribution in [3.8, 4) is 5.75 Å². The number of rotatable bonds is 5. The summed E-state index contributed by atoms with van der Waals surface area (Å²) < 4.78 is 5.33. The van der Waals surface area contributed by atoms with E-state index in [4.69, 9.17) is 33.0 Å². The third-order valence-electron chi connectivity index (χ3n) is 1.77. The maximum absolute atomic E-state index is 11.0. The minimum absolute atomic E-state index is 0.0152. The Kier molecular flexibility index (Phi) is 5.25. The normalized spacial score (nSPS) is 10.2. The molecule has 1 aromatic rings. The van der Waals surface area contributed by atoms with E-state index >= 15 is 0 Å². The van der Waals surface area contributed by atoms with Crippen LogP contribution in [0.15, 0.2) is 12.1 Å². The Morgan fingerprint density at radius 3 is 2.75 bits per heavy atom. The van der Waals surface area contributed by atoms with Crippen LogP contribution in [-0.4, -0.2) is 29.7 Å². The Morgan fingerprint density at radius 2 is 2.19 bits per heavy atom. The molecule has 0 saturated carbocycles. The van der Waals surface area contributed by atoms with Crippen LogP contribution in [0.2, 0.25) is 10.0 Å². The molecule has 0 bridgehead atoms. The molecule has 0 spiro atoms. The van der Waals surface area contributed by atoms with Gasteiger partial charge in [-0.2, -0.15) is 11.8 Å². The molecule has 6 heteroatoms. The molecule has 3 nitrogen and oxygen atoms in total. The molecule has 1 rings (SSSR count). The van der Waals surface area contributed by atoms with E-state index in [1.807, 2.05) is 6.26 Å². The van der Waals surface area contributed by atoms with Crippen LogP contribution in [0.1, 0.15) is 10.4 Å². The highest BCUT2D eigenvalue weighted by Crippen LogP contribution is 2.32. The lowest BCUT2D eigenvalue weighted by Crippen LogP contribution is -2.06. The van der Waals surface area contributed by atoms with Gasteiger partial charge in [-0.15, -0.1) is 0 Å². The quantitative estimate of drug-likeness (QED) is 0.840. The van der Waals surface area contributed by atoms with Gasteiger partial charge < -0.3 is 9.84 Å². The lowest BCUT2D eigenvalue weighted by atomic mass is 10.2. The predicted molar refractivity (Wildman–Crippen MR) is 67.3 cm³/mol. The molecule has 1 aromatic carbocycles. The van der Waals surface area contributed by atoms with E-state index in [0.29, 0.717) is 6.61 Å². The van der Waals surface area contributed by atoms with Crippen LogP contribution >= 0.6 is 35.0 Å². The van der Waals surface area contributed by atoms with Gasteiger partial charge in [0.25, 0.3) is 0 Å². The molecule has 0 atom stereocenters. The molecule has 0 amide bonds. The number of thioether (sulfide) groups is 1. The third kappa shape index (κ3) is 3.47. The second-order valence-corrected chi connectivity index (χ2v) is 4.74. The van der Waals surface area contributed by atoms with Crippen molar-refractivity contribution in [2.24, 2.45) is 0 Å². The summed E-state index contributed by atoms with van der Waals surface area (Å²) in [5.74, 6) is -0.172. The summed E-state index contributed by atoms with van der Waals surface area (Å²) in [6, 6.07) is 2.79. The highest BCUT2D eigenvalue weighted by molar-refractivity contribution is 7.98. The summed E-state index contributed by atoms with van der Waals surface area (Å²) in [5.41, 5.74) is -0.0152. The smallest absolute Gasteiger partial charge is 0.339 e. The van der Waals surface area contributed by atoms with Gasteiger partial charge in [-0.05, 0) is 18.4 Å². The van der Waals surface area contributed by atoms with E-state index in [-0.39, 0.29) is 21.4 Å². The van der Waals surface area contributed by atoms with Crippen LogP contribution in [0, 0.1) is 0 Å². The van der Waals surface area contributed by atoms with Crippen LogP contribution in [-0.2, 0) is 0 Å². The molecular weight excluding hydrogens is 271 g/mol. The number of ether oxygens (including phenoxy) is 1. The van der Waals surface area contributed by atoms with Crippen molar-refractivity contribution in [1.29, 1.82) is 0 Å². The van der Waals surface area contributed by atoms with Gasteiger partial charge in [-0.3, -0.25) is 0 Å². The zero-order valence-corrected chi connectivity index (χ0v) is 10.8. The number of halogens is 2. The fourth-order valence-corrected chi connectivity index (χ4v) is 1.89. The minimum atomic E-state index is -1.11. The van der Waals surface area contributed by atoms with Crippen molar-refractivity contribution in [1.82, 2.24) is 0 Å². The van der Waals surface area contributed by atoms with Crippen molar-refractivity contribution in [3.05, 3.63) is 27.7 Å². The number of aromatic carboxylic acids is 1. The summed E-state index contributed by atoms with van der Waals surface area (Å²) in [7, 11) is 0. The molecule has 0 unspecified atom stereocenters. The zero-order chi connectivity index (χ0) is 12.1. The summed E-state index contributed by atoms with van der Waals surface area (Å²) in [5, 5.41) is 9.46. The van der Waals surface area contributed by atoms with Crippen LogP contribution in [0.4, 0.5) is 0 Å². The highest BCUT2D eigenvalue weighted by Gasteiger charge is 2.16. The van der Waals surface area contributed by atoms with Gasteiger partial charge in [0, 0.05) is 10.8 Å². The van der Waals surface area contributed by atoms with Crippen LogP contribution < -0.4 is 4.74 Å². The molecule has 16 heavy (non-hydrogen) atoms. The first-order chi connectivity index (χ1) is 7.56. The first-order valence-corrected chi connectivity index (χ1v) is 6.55. The topological polar surface area (TPSA) is 46.5 Å². The van der Waals surface area contributed by atoms with Crippen LogP contribution in [0.25, 0.3) is 0 Å². The van der Waals surface area contributed by atoms with E-state index < -0.39 is 5.97 Å². The standard InChI is InChI=1S/C10H10Cl2O3S/c1-16-3-2-15-9-7(10(13)14)4-6(11)5-8(9)12/h4-5H,2-3H2,1H3,(H,13,14). The number of carboxylic acids is 1. The molecule has 0 saturated heterocycles. The van der Waals surface area contributed by atoms with Gasteiger partial charge in [0.1, 0.15) is 5.56 Å². The van der Waals surface area contributed by atoms with E-state index in [0.717, 1.165) is 5.75 Å². The maximum atomic E-state index is 11.0. The van der Waals surface area contributed by atoms with Gasteiger partial charge >= 0.3 is 5.97 Å². The predicted octanol–water partition coefficient (Wildman–Crippen LogP) is 3.43. The number of benzene rings is 1. The van der Waals surface area contributed by atoms with E-state index in [1.165, 1.54) is 12.1 Å². The number of hydrogen-bond donors (Lipinski definition) is 1. The van der Waals surface area contributed by atoms with Crippen molar-refractivity contribution in [3.63, 3.8) is 0 Å². The lowest BCUT2D eigenvalue weighted by Gasteiger charge is -2.10. The average Bonchev–Trinajstić information content (AvgIpc) is 2.20. The van der Waals surface area contributed by atoms with E-state index in [2.05, 4.69) is 0 Å². The maximum Gasteiger partial charge on any atom is 0.339 e. The summed E-state index contributed by atoms with van der Waals surface area (Å²) in [6.45, 7) is 0.406. The molecule has 0 radical (unpaired) electrons. The van der Waals surface area contributed by atoms with Crippen molar-refractivity contribution < 1.29 is 14.6 Å². The summed E-state index contributed by atoms with van der Waals surface area (Å²) in [6.07, 6.45) is 1.94. The molecule has 0 aliphatic heterocycles. The summed E-state index contributed by atoms with van der Waals surface area (Å²) in [4.78, 5) is 11.0. The molecule has 0 aliphatic rings. The Morgan fingerprint density at radius 1 is 1.50 bits per heavy atom. The van der Waals surface area contributed by atoms with Crippen molar-refractivity contribution in [2.75, 3.05) is 18.6 Å². The monoisotopic (exact) mass is 280 g/mol. The Balaban J connectivity index is 2.99. The lowest BCUT2D eigenvalue weighted by molar-refractivity contribution is 0.0692. The molecule has 88 valence electrons. The fourth-order valence-electron chi connectivity index (χ4n) is 1.09. The van der Waals surface area contributed by atoms with Crippen LogP contribution in [0.5, 0.6) is 5.75 Å². The first kappa shape index (κ1) is 13.5. The molecule has 1 N–H and O–H groups in total. The molecule has 0 aromatic heterocycles. The SMILES string of the molecule is CSCCOc1c(Cl)cc(Cl)cc1C(=O)O. The van der Waals surface area contributed by atoms with Gasteiger partial charge in [0.15, 0.2) is 5.75 Å². The van der Waals surface area contributed by atoms with Gasteiger partial charge in [-0.25, -0.2) is 4.79 Å². The number of hydrogen-bond acceptors (Lipinski definition) is 3. The second kappa shape index (κ2) is 6.23. The first-order valence-electron chi connectivity index (χ1n) is 4.40. The highest BCUT2D eigenvalue weighted by atomic mass is 35.5. The van der Waals surface area contributed by atoms with Crippen molar-refractivity contribution in [2.45, 2.75) is 0 Å². The molecule has 0 aliphatic carbocycles.